The van der Waals surface area contributed by atoms with Crippen LogP contribution < -0.4 is 0 Å². The molecule has 0 aliphatic heterocycles. The van der Waals surface area contributed by atoms with Crippen LogP contribution in [0.25, 0.3) is 0 Å². The summed E-state index contributed by atoms with van der Waals surface area (Å²) in [7, 11) is 0. The van der Waals surface area contributed by atoms with E-state index in [2.05, 4.69) is 33.2 Å². The van der Waals surface area contributed by atoms with Crippen molar-refractivity contribution >= 4 is 0 Å². The summed E-state index contributed by atoms with van der Waals surface area (Å²) in [6.45, 7) is 28.1. The molecule has 0 aromatic rings. The first-order valence-corrected chi connectivity index (χ1v) is 6.69. The Bertz CT molecular complexity index is 114. The third-order valence-corrected chi connectivity index (χ3v) is 1.11. The second-order valence-electron chi connectivity index (χ2n) is 2.21. The van der Waals surface area contributed by atoms with Gasteiger partial charge in [0.25, 0.3) is 0 Å². The van der Waals surface area contributed by atoms with E-state index in [4.69, 9.17) is 0 Å². The van der Waals surface area contributed by atoms with Crippen molar-refractivity contribution in [1.29, 1.82) is 0 Å². The van der Waals surface area contributed by atoms with E-state index in [1.807, 2.05) is 53.7 Å². The highest BCUT2D eigenvalue weighted by atomic mass is 13.9. The van der Waals surface area contributed by atoms with Gasteiger partial charge in [0.05, 0.1) is 0 Å². The van der Waals surface area contributed by atoms with Crippen molar-refractivity contribution in [3.63, 3.8) is 0 Å². The summed E-state index contributed by atoms with van der Waals surface area (Å²) in [4.78, 5) is 0. The Labute approximate surface area is 112 Å². The molecule has 0 aromatic heterocycles. The highest BCUT2D eigenvalue weighted by Gasteiger charge is 1.86. The SMILES string of the molecule is C=CC=C.C=CCC(C)C=C.CC.CC.CC. The van der Waals surface area contributed by atoms with Crippen molar-refractivity contribution in [3.05, 3.63) is 50.6 Å². The number of hydrogen-bond acceptors (Lipinski definition) is 0. The molecule has 0 heteroatoms. The second kappa shape index (κ2) is 60.2. The molecule has 17 heavy (non-hydrogen) atoms. The molecule has 0 nitrogen and oxygen atoms in total. The molecular formula is C17H36. The molecule has 0 saturated heterocycles. The topological polar surface area (TPSA) is 0 Å². The lowest BCUT2D eigenvalue weighted by atomic mass is 10.1. The fraction of sp³-hybridized carbons (Fsp3) is 0.529. The van der Waals surface area contributed by atoms with Gasteiger partial charge in [-0.3, -0.25) is 0 Å². The molecule has 0 fully saturated rings. The molecule has 0 N–H and O–H groups in total. The van der Waals surface area contributed by atoms with Crippen molar-refractivity contribution in [1.82, 2.24) is 0 Å². The Kier molecular flexibility index (Phi) is 105. The summed E-state index contributed by atoms with van der Waals surface area (Å²) in [6.07, 6.45) is 8.16. The quantitative estimate of drug-likeness (QED) is 0.373. The van der Waals surface area contributed by atoms with Crippen molar-refractivity contribution in [2.45, 2.75) is 54.9 Å². The van der Waals surface area contributed by atoms with Crippen LogP contribution in [0.2, 0.25) is 0 Å². The Balaban J connectivity index is -0.0000000412. The first kappa shape index (κ1) is 29.7. The molecule has 0 heterocycles. The smallest absolute Gasteiger partial charge is 0.0230 e. The predicted octanol–water partition coefficient (Wildman–Crippen LogP) is 6.82. The monoisotopic (exact) mass is 240 g/mol. The Hall–Kier alpha value is -1.04. The van der Waals surface area contributed by atoms with E-state index in [9.17, 15) is 0 Å². The van der Waals surface area contributed by atoms with Crippen molar-refractivity contribution in [2.75, 3.05) is 0 Å². The molecular weight excluding hydrogens is 204 g/mol. The van der Waals surface area contributed by atoms with Gasteiger partial charge in [0.1, 0.15) is 0 Å². The van der Waals surface area contributed by atoms with Crippen molar-refractivity contribution in [3.8, 4) is 0 Å². The van der Waals surface area contributed by atoms with Gasteiger partial charge in [-0.25, -0.2) is 0 Å². The standard InChI is InChI=1S/C7H12.C4H6.3C2H6/c1-4-6-7(3)5-2;1-3-4-2;3*1-2/h4-5,7H,1-2,6H2,3H3;3-4H,1-2H2;3*1-2H3. The highest BCUT2D eigenvalue weighted by molar-refractivity contribution is 4.88. The Morgan fingerprint density at radius 2 is 1.06 bits per heavy atom. The van der Waals surface area contributed by atoms with Crippen LogP contribution in [0, 0.1) is 5.92 Å². The van der Waals surface area contributed by atoms with Gasteiger partial charge in [-0.15, -0.1) is 13.2 Å². The van der Waals surface area contributed by atoms with Gasteiger partial charge >= 0.3 is 0 Å². The van der Waals surface area contributed by atoms with Crippen LogP contribution in [-0.2, 0) is 0 Å². The predicted molar refractivity (Wildman–Crippen MR) is 88.6 cm³/mol. The van der Waals surface area contributed by atoms with Gasteiger partial charge in [0.2, 0.25) is 0 Å². The van der Waals surface area contributed by atoms with Gasteiger partial charge in [-0.05, 0) is 12.3 Å². The average molecular weight is 240 g/mol. The maximum absolute atomic E-state index is 3.63. The summed E-state index contributed by atoms with van der Waals surface area (Å²) in [5.41, 5.74) is 0. The minimum absolute atomic E-state index is 0.595. The molecule has 0 spiro atoms. The first-order valence-electron chi connectivity index (χ1n) is 6.69. The molecule has 0 aliphatic carbocycles. The van der Waals surface area contributed by atoms with Crippen molar-refractivity contribution < 1.29 is 0 Å². The van der Waals surface area contributed by atoms with Gasteiger partial charge in [0, 0.05) is 0 Å². The number of allylic oxidation sites excluding steroid dienone is 4. The minimum atomic E-state index is 0.595. The zero-order chi connectivity index (χ0) is 15.1. The van der Waals surface area contributed by atoms with Crippen LogP contribution in [0.4, 0.5) is 0 Å². The van der Waals surface area contributed by atoms with E-state index in [-0.39, 0.29) is 0 Å². The zero-order valence-corrected chi connectivity index (χ0v) is 13.4. The van der Waals surface area contributed by atoms with E-state index < -0.39 is 0 Å². The fourth-order valence-corrected chi connectivity index (χ4v) is 0.359. The lowest BCUT2D eigenvalue weighted by Crippen LogP contribution is -1.82. The molecule has 104 valence electrons. The van der Waals surface area contributed by atoms with Crippen LogP contribution in [0.5, 0.6) is 0 Å². The summed E-state index contributed by atoms with van der Waals surface area (Å²) in [5, 5.41) is 0. The summed E-state index contributed by atoms with van der Waals surface area (Å²) in [6, 6.07) is 0. The maximum atomic E-state index is 3.63. The van der Waals surface area contributed by atoms with E-state index in [1.54, 1.807) is 12.2 Å². The van der Waals surface area contributed by atoms with E-state index >= 15 is 0 Å². The Morgan fingerprint density at radius 1 is 0.765 bits per heavy atom. The minimum Gasteiger partial charge on any atom is -0.103 e. The first-order chi connectivity index (χ1) is 8.22. The average Bonchev–Trinajstić information content (AvgIpc) is 2.46. The normalized spacial score (nSPS) is 7.47. The zero-order valence-electron chi connectivity index (χ0n) is 13.4. The fourth-order valence-electron chi connectivity index (χ4n) is 0.359. The van der Waals surface area contributed by atoms with Gasteiger partial charge in [0.15, 0.2) is 0 Å². The van der Waals surface area contributed by atoms with Gasteiger partial charge in [-0.1, -0.05) is 85.9 Å². The maximum Gasteiger partial charge on any atom is -0.0230 e. The van der Waals surface area contributed by atoms with Crippen LogP contribution in [0.3, 0.4) is 0 Å². The lowest BCUT2D eigenvalue weighted by molar-refractivity contribution is 0.748. The molecule has 0 saturated carbocycles. The second-order valence-corrected chi connectivity index (χ2v) is 2.21. The summed E-state index contributed by atoms with van der Waals surface area (Å²) >= 11 is 0. The van der Waals surface area contributed by atoms with E-state index in [0.717, 1.165) is 6.42 Å². The molecule has 0 aliphatic rings. The third-order valence-electron chi connectivity index (χ3n) is 1.11. The molecule has 1 unspecified atom stereocenters. The number of rotatable bonds is 4. The third kappa shape index (κ3) is 102. The molecule has 0 amide bonds. The van der Waals surface area contributed by atoms with Crippen LogP contribution in [0.1, 0.15) is 54.9 Å². The van der Waals surface area contributed by atoms with Gasteiger partial charge < -0.3 is 0 Å². The van der Waals surface area contributed by atoms with Gasteiger partial charge in [-0.2, -0.15) is 0 Å². The number of hydrogen-bond donors (Lipinski definition) is 0. The van der Waals surface area contributed by atoms with Crippen LogP contribution in [0.15, 0.2) is 50.6 Å². The van der Waals surface area contributed by atoms with Crippen LogP contribution >= 0.6 is 0 Å². The molecule has 0 radical (unpaired) electrons. The lowest BCUT2D eigenvalue weighted by Gasteiger charge is -1.95. The van der Waals surface area contributed by atoms with Crippen molar-refractivity contribution in [2.24, 2.45) is 5.92 Å². The largest absolute Gasteiger partial charge is 0.103 e. The van der Waals surface area contributed by atoms with Crippen LogP contribution in [-0.4, -0.2) is 0 Å². The van der Waals surface area contributed by atoms with E-state index in [1.165, 1.54) is 0 Å². The molecule has 0 rings (SSSR count). The summed E-state index contributed by atoms with van der Waals surface area (Å²) < 4.78 is 0. The molecule has 0 bridgehead atoms. The molecule has 0 aromatic carbocycles. The highest BCUT2D eigenvalue weighted by Crippen LogP contribution is 2.00. The van der Waals surface area contributed by atoms with E-state index in [0.29, 0.717) is 5.92 Å². The Morgan fingerprint density at radius 3 is 1.12 bits per heavy atom. The summed E-state index contributed by atoms with van der Waals surface area (Å²) in [5.74, 6) is 0.595. The molecule has 1 atom stereocenters.